The van der Waals surface area contributed by atoms with Crippen molar-refractivity contribution in [3.63, 3.8) is 0 Å². The molecule has 0 atom stereocenters. The highest BCUT2D eigenvalue weighted by Gasteiger charge is 2.29. The largest absolute Gasteiger partial charge is 0.370 e. The SMILES string of the molecule is [B]N=P.[C-]#[N+]c1nc2c(nc1C#N)c1nc(C#N)c(C#N)nc1c1nc([N+]#[C-])c([N+]#[C-])nc21.c1ccc(-c2ccc(N(c3ccc(-c4ccccc4)cc3)c3ccc(-c4ccc5ccccc5c4)cc3)cc2)cc1.c1ccc(N(c2ccc(-c3ccc(N(c4ccccc4)c4cccc5ccccc45)cc3)cc2)c2cccc3ccccc23)cc1. The fourth-order valence-electron chi connectivity index (χ4n) is 14.6. The van der Waals surface area contributed by atoms with E-state index in [1.807, 2.05) is 0 Å². The fourth-order valence-corrected chi connectivity index (χ4v) is 14.6. The molecule has 0 spiro atoms. The number of benzene rings is 16. The van der Waals surface area contributed by atoms with Crippen molar-refractivity contribution in [2.24, 2.45) is 4.66 Å². The van der Waals surface area contributed by atoms with Crippen LogP contribution in [0.25, 0.3) is 124 Å². The summed E-state index contributed by atoms with van der Waals surface area (Å²) < 4.78 is 2.81. The smallest absolute Gasteiger partial charge is 0.307 e. The Bertz CT molecular complexity index is 6700. The van der Waals surface area contributed by atoms with Crippen LogP contribution < -0.4 is 14.7 Å². The number of hydrogen-bond donors (Lipinski definition) is 0. The normalized spacial score (nSPS) is 10.5. The topological polar surface area (TPSA) is 184 Å². The Hall–Kier alpha value is -17.2. The zero-order valence-corrected chi connectivity index (χ0v) is 65.0. The monoisotopic (exact) mass is 1550 g/mol. The first-order valence-electron chi connectivity index (χ1n) is 37.9. The quantitative estimate of drug-likeness (QED) is 0.0461. The molecule has 0 aliphatic rings. The third kappa shape index (κ3) is 16.0. The highest BCUT2D eigenvalue weighted by molar-refractivity contribution is 7.05. The van der Waals surface area contributed by atoms with Crippen LogP contribution in [0.15, 0.2) is 375 Å². The maximum atomic E-state index is 9.30. The van der Waals surface area contributed by atoms with Crippen LogP contribution in [0.1, 0.15) is 17.1 Å². The predicted octanol–water partition coefficient (Wildman–Crippen LogP) is 27.1. The number of anilines is 9. The molecule has 0 aliphatic carbocycles. The first-order valence-corrected chi connectivity index (χ1v) is 38.3. The van der Waals surface area contributed by atoms with Crippen molar-refractivity contribution in [2.75, 3.05) is 14.7 Å². The molecule has 120 heavy (non-hydrogen) atoms. The van der Waals surface area contributed by atoms with Crippen LogP contribution in [0.5, 0.6) is 0 Å². The molecule has 0 fully saturated rings. The summed E-state index contributed by atoms with van der Waals surface area (Å²) in [6.07, 6.45) is 0. The van der Waals surface area contributed by atoms with E-state index >= 15 is 0 Å². The molecule has 558 valence electrons. The molecule has 0 N–H and O–H groups in total. The molecule has 16 nitrogen and oxygen atoms in total. The van der Waals surface area contributed by atoms with Gasteiger partial charge in [0.15, 0.2) is 17.1 Å². The number of fused-ring (bicyclic) bond motifs is 9. The van der Waals surface area contributed by atoms with Gasteiger partial charge in [0.2, 0.25) is 11.0 Å². The van der Waals surface area contributed by atoms with Gasteiger partial charge in [-0.3, -0.25) is 0 Å². The number of rotatable bonds is 13. The number of para-hydroxylation sites is 2. The van der Waals surface area contributed by atoms with E-state index in [4.69, 9.17) is 19.7 Å². The van der Waals surface area contributed by atoms with Crippen LogP contribution in [0.2, 0.25) is 0 Å². The summed E-state index contributed by atoms with van der Waals surface area (Å²) in [5.41, 5.74) is 19.0. The standard InChI is InChI=1S/C44H32N2.C40H29N.C18N12.BHNP/c1-3-17-37(18-4-1)45(43-23-11-15-35-13-7-9-21-41(35)43)39-29-25-33(26-30-39)34-27-31-40(32-28-34)46(38-19-5-2-6-20-38)44-24-12-16-36-14-8-10-22-42(36)44;1-3-9-30(10-4-1)33-17-23-38(24-18-33)41(39-25-19-34(20-26-39)31-11-5-2-6-12-31)40-27-21-35(22-28-40)37-16-15-32-13-7-8-14-36(32)29-37;1-22-16-9(6-21)27-12-10-11(26-8(5-20)7(4-19)25-10)14-15(13(12)28-16)30-18(24-3)17(23-2)29-14;1-2-3/h1-32H;1-29H;;3H. The minimum atomic E-state index is -0.298. The van der Waals surface area contributed by atoms with E-state index in [0.717, 1.165) is 51.2 Å². The molecule has 0 aliphatic heterocycles. The molecular formula is C102H62BN16P. The van der Waals surface area contributed by atoms with E-state index < -0.39 is 0 Å². The van der Waals surface area contributed by atoms with Crippen LogP contribution in [-0.2, 0) is 0 Å². The van der Waals surface area contributed by atoms with Crippen molar-refractivity contribution in [1.82, 2.24) is 29.9 Å². The van der Waals surface area contributed by atoms with E-state index in [1.165, 1.54) is 76.8 Å². The third-order valence-corrected chi connectivity index (χ3v) is 20.2. The lowest BCUT2D eigenvalue weighted by Gasteiger charge is -2.27. The van der Waals surface area contributed by atoms with Gasteiger partial charge in [0.1, 0.15) is 34.8 Å². The first-order chi connectivity index (χ1) is 59.2. The van der Waals surface area contributed by atoms with Crippen molar-refractivity contribution >= 4 is 151 Å². The average Bonchev–Trinajstić information content (AvgIpc) is 0.723. The number of nitrogens with zero attached hydrogens (tertiary/aromatic N) is 16. The van der Waals surface area contributed by atoms with Gasteiger partial charge in [0.25, 0.3) is 25.1 Å². The van der Waals surface area contributed by atoms with Crippen LogP contribution in [0.3, 0.4) is 0 Å². The highest BCUT2D eigenvalue weighted by Crippen LogP contribution is 2.44. The molecular weight excluding hydrogens is 1490 g/mol. The molecule has 16 aromatic carbocycles. The Morgan fingerprint density at radius 3 is 0.875 bits per heavy atom. The van der Waals surface area contributed by atoms with Crippen molar-refractivity contribution < 1.29 is 0 Å². The molecule has 3 aromatic heterocycles. The molecule has 0 amide bonds. The second kappa shape index (κ2) is 35.5. The number of nitriles is 3. The van der Waals surface area contributed by atoms with E-state index in [0.29, 0.717) is 0 Å². The van der Waals surface area contributed by atoms with Gasteiger partial charge in [-0.1, -0.05) is 287 Å². The molecule has 19 aromatic rings. The minimum Gasteiger partial charge on any atom is -0.370 e. The van der Waals surface area contributed by atoms with Gasteiger partial charge in [-0.2, -0.15) is 15.8 Å². The van der Waals surface area contributed by atoms with Gasteiger partial charge in [0.05, 0.1) is 11.4 Å². The predicted molar refractivity (Wildman–Crippen MR) is 486 cm³/mol. The molecule has 0 saturated heterocycles. The molecule has 3 heterocycles. The third-order valence-electron chi connectivity index (χ3n) is 20.2. The zero-order chi connectivity index (χ0) is 82.3. The summed E-state index contributed by atoms with van der Waals surface area (Å²) in [5.74, 6) is -0.890. The summed E-state index contributed by atoms with van der Waals surface area (Å²) in [4.78, 5) is 41.4. The molecule has 2 radical (unpaired) electrons. The Balaban J connectivity index is 0.000000135. The van der Waals surface area contributed by atoms with Gasteiger partial charge in [-0.05, 0) is 178 Å². The zero-order valence-electron chi connectivity index (χ0n) is 64.0. The maximum absolute atomic E-state index is 9.30. The summed E-state index contributed by atoms with van der Waals surface area (Å²) in [7, 11) is 6.97. The van der Waals surface area contributed by atoms with E-state index in [2.05, 4.69) is 451 Å². The summed E-state index contributed by atoms with van der Waals surface area (Å²) in [5, 5.41) is 35.3. The van der Waals surface area contributed by atoms with Crippen molar-refractivity contribution in [3.8, 4) is 62.7 Å². The van der Waals surface area contributed by atoms with Gasteiger partial charge >= 0.3 is 5.82 Å². The van der Waals surface area contributed by atoms with Crippen LogP contribution in [-0.4, -0.2) is 37.9 Å². The molecule has 0 bridgehead atoms. The first kappa shape index (κ1) is 76.8. The van der Waals surface area contributed by atoms with E-state index in [1.54, 1.807) is 18.2 Å². The molecule has 19 rings (SSSR count). The molecule has 0 unspecified atom stereocenters. The number of hydrogen-bond acceptors (Lipinski definition) is 13. The van der Waals surface area contributed by atoms with Gasteiger partial charge in [0, 0.05) is 50.6 Å². The van der Waals surface area contributed by atoms with Crippen LogP contribution in [0, 0.1) is 53.7 Å². The lowest BCUT2D eigenvalue weighted by Crippen LogP contribution is -2.10. The van der Waals surface area contributed by atoms with E-state index in [-0.39, 0.29) is 67.6 Å². The van der Waals surface area contributed by atoms with Gasteiger partial charge in [-0.25, -0.2) is 15.0 Å². The summed E-state index contributed by atoms with van der Waals surface area (Å²) >= 11 is 0. The number of aromatic nitrogens is 6. The molecule has 18 heteroatoms. The lowest BCUT2D eigenvalue weighted by molar-refractivity contribution is 1.19. The maximum Gasteiger partial charge on any atom is 0.307 e. The summed E-state index contributed by atoms with van der Waals surface area (Å²) in [6.45, 7) is 21.7. The second-order valence-corrected chi connectivity index (χ2v) is 27.5. The van der Waals surface area contributed by atoms with Crippen molar-refractivity contribution in [2.45, 2.75) is 0 Å². The van der Waals surface area contributed by atoms with Crippen molar-refractivity contribution in [3.05, 3.63) is 421 Å². The fraction of sp³-hybridized carbons (Fsp3) is 0. The summed E-state index contributed by atoms with van der Waals surface area (Å²) in [6, 6.07) is 137. The van der Waals surface area contributed by atoms with Crippen LogP contribution in [0.4, 0.5) is 68.6 Å². The second-order valence-electron chi connectivity index (χ2n) is 27.3. The van der Waals surface area contributed by atoms with E-state index in [9.17, 15) is 15.8 Å². The van der Waals surface area contributed by atoms with Gasteiger partial charge < -0.3 is 33.9 Å². The van der Waals surface area contributed by atoms with Crippen LogP contribution >= 0.6 is 9.03 Å². The minimum absolute atomic E-state index is 0.000622. The van der Waals surface area contributed by atoms with Crippen molar-refractivity contribution in [1.29, 1.82) is 15.8 Å². The Morgan fingerprint density at radius 1 is 0.258 bits per heavy atom. The Labute approximate surface area is 695 Å². The highest BCUT2D eigenvalue weighted by atomic mass is 31.0. The Morgan fingerprint density at radius 2 is 0.517 bits per heavy atom. The average molecular weight is 1550 g/mol. The lowest BCUT2D eigenvalue weighted by atomic mass is 10.0. The molecule has 0 saturated carbocycles. The Kier molecular flexibility index (Phi) is 22.7. The van der Waals surface area contributed by atoms with Gasteiger partial charge in [-0.15, -0.1) is 15.0 Å².